The molecule has 0 aliphatic carbocycles. The molecule has 4 rings (SSSR count). The molecule has 0 spiro atoms. The molecule has 2 aliphatic rings. The summed E-state index contributed by atoms with van der Waals surface area (Å²) in [5.41, 5.74) is 1.65. The number of carbonyl (C=O) groups excluding carboxylic acids is 3. The highest BCUT2D eigenvalue weighted by Gasteiger charge is 2.53. The fourth-order valence-electron chi connectivity index (χ4n) is 4.69. The first-order valence-corrected chi connectivity index (χ1v) is 10.7. The van der Waals surface area contributed by atoms with Gasteiger partial charge in [-0.05, 0) is 29.5 Å². The van der Waals surface area contributed by atoms with Gasteiger partial charge in [-0.25, -0.2) is 0 Å². The predicted octanol–water partition coefficient (Wildman–Crippen LogP) is 3.01. The lowest BCUT2D eigenvalue weighted by molar-refractivity contribution is -0.142. The van der Waals surface area contributed by atoms with Crippen molar-refractivity contribution in [2.75, 3.05) is 27.2 Å². The number of ether oxygens (including phenoxy) is 1. The molecule has 0 bridgehead atoms. The molecule has 2 aliphatic heterocycles. The Morgan fingerprint density at radius 3 is 2.35 bits per heavy atom. The van der Waals surface area contributed by atoms with Crippen molar-refractivity contribution in [3.05, 3.63) is 60.2 Å². The Kier molecular flexibility index (Phi) is 5.92. The molecule has 2 saturated heterocycles. The molecule has 2 aromatic rings. The molecule has 2 unspecified atom stereocenters. The highest BCUT2D eigenvalue weighted by atomic mass is 16.5. The Hall–Kier alpha value is -2.99. The number of carbonyl (C=O) groups is 3. The number of piperidine rings is 1. The Morgan fingerprint density at radius 1 is 1.06 bits per heavy atom. The summed E-state index contributed by atoms with van der Waals surface area (Å²) in [6, 6.07) is 17.6. The van der Waals surface area contributed by atoms with Gasteiger partial charge in [-0.1, -0.05) is 54.6 Å². The van der Waals surface area contributed by atoms with Crippen LogP contribution in [0.3, 0.4) is 0 Å². The summed E-state index contributed by atoms with van der Waals surface area (Å²) >= 11 is 0. The van der Waals surface area contributed by atoms with Crippen LogP contribution in [0.15, 0.2) is 54.6 Å². The van der Waals surface area contributed by atoms with E-state index >= 15 is 0 Å². The van der Waals surface area contributed by atoms with Crippen molar-refractivity contribution < 1.29 is 19.1 Å². The van der Waals surface area contributed by atoms with Crippen molar-refractivity contribution in [2.24, 2.45) is 0 Å². The second kappa shape index (κ2) is 8.63. The standard InChI is InChI=1S/C25H28N2O4/c1-26-22(28)15-25(24(26)30,16-23(29)27-14-6-9-21(17-27)31-2)20-12-10-19(11-13-20)18-7-4-3-5-8-18/h3-5,7-8,10-13,21H,6,9,14-17H2,1-2H3. The third-order valence-electron chi connectivity index (χ3n) is 6.60. The van der Waals surface area contributed by atoms with Crippen LogP contribution >= 0.6 is 0 Å². The van der Waals surface area contributed by atoms with Gasteiger partial charge in [0.25, 0.3) is 0 Å². The second-order valence-electron chi connectivity index (χ2n) is 8.48. The Bertz CT molecular complexity index is 973. The average Bonchev–Trinajstić information content (AvgIpc) is 3.04. The van der Waals surface area contributed by atoms with Crippen molar-refractivity contribution in [2.45, 2.75) is 37.2 Å². The maximum atomic E-state index is 13.2. The van der Waals surface area contributed by atoms with E-state index in [0.717, 1.165) is 28.9 Å². The fraction of sp³-hybridized carbons (Fsp3) is 0.400. The molecule has 2 heterocycles. The number of hydrogen-bond donors (Lipinski definition) is 0. The van der Waals surface area contributed by atoms with Crippen LogP contribution in [0, 0.1) is 0 Å². The SMILES string of the molecule is COC1CCCN(C(=O)CC2(c3ccc(-c4ccccc4)cc3)CC(=O)N(C)C2=O)C1. The zero-order valence-electron chi connectivity index (χ0n) is 18.0. The van der Waals surface area contributed by atoms with Crippen LogP contribution in [0.5, 0.6) is 0 Å². The fourth-order valence-corrected chi connectivity index (χ4v) is 4.69. The summed E-state index contributed by atoms with van der Waals surface area (Å²) in [7, 11) is 3.15. The van der Waals surface area contributed by atoms with Gasteiger partial charge < -0.3 is 9.64 Å². The molecule has 3 amide bonds. The molecule has 6 heteroatoms. The topological polar surface area (TPSA) is 66.9 Å². The molecule has 2 atom stereocenters. The molecule has 2 aromatic carbocycles. The largest absolute Gasteiger partial charge is 0.380 e. The number of likely N-dealkylation sites (N-methyl/N-ethyl adjacent to an activating group) is 1. The van der Waals surface area contributed by atoms with Crippen molar-refractivity contribution in [1.29, 1.82) is 0 Å². The Balaban J connectivity index is 1.64. The van der Waals surface area contributed by atoms with E-state index in [4.69, 9.17) is 4.74 Å². The molecule has 0 saturated carbocycles. The van der Waals surface area contributed by atoms with Crippen LogP contribution in [-0.4, -0.2) is 60.9 Å². The Morgan fingerprint density at radius 2 is 1.74 bits per heavy atom. The van der Waals surface area contributed by atoms with E-state index in [9.17, 15) is 14.4 Å². The lowest BCUT2D eigenvalue weighted by Crippen LogP contribution is -2.47. The number of rotatable bonds is 5. The number of methoxy groups -OCH3 is 1. The molecule has 2 fully saturated rings. The van der Waals surface area contributed by atoms with E-state index in [1.807, 2.05) is 54.6 Å². The van der Waals surface area contributed by atoms with Gasteiger partial charge in [0.2, 0.25) is 17.7 Å². The quantitative estimate of drug-likeness (QED) is 0.698. The monoisotopic (exact) mass is 420 g/mol. The van der Waals surface area contributed by atoms with E-state index in [-0.39, 0.29) is 36.7 Å². The van der Waals surface area contributed by atoms with Crippen molar-refractivity contribution in [1.82, 2.24) is 9.80 Å². The first kappa shape index (κ1) is 21.2. The predicted molar refractivity (Wildman–Crippen MR) is 117 cm³/mol. The zero-order chi connectivity index (χ0) is 22.0. The number of benzene rings is 2. The van der Waals surface area contributed by atoms with E-state index in [1.54, 1.807) is 12.0 Å². The zero-order valence-corrected chi connectivity index (χ0v) is 18.0. The molecule has 0 aromatic heterocycles. The minimum atomic E-state index is -1.15. The van der Waals surface area contributed by atoms with Gasteiger partial charge in [-0.15, -0.1) is 0 Å². The van der Waals surface area contributed by atoms with Gasteiger partial charge in [0.1, 0.15) is 0 Å². The lowest BCUT2D eigenvalue weighted by atomic mass is 9.75. The molecule has 31 heavy (non-hydrogen) atoms. The first-order valence-electron chi connectivity index (χ1n) is 10.7. The second-order valence-corrected chi connectivity index (χ2v) is 8.48. The highest BCUT2D eigenvalue weighted by molar-refractivity contribution is 6.10. The smallest absolute Gasteiger partial charge is 0.240 e. The average molecular weight is 421 g/mol. The summed E-state index contributed by atoms with van der Waals surface area (Å²) < 4.78 is 5.44. The minimum Gasteiger partial charge on any atom is -0.380 e. The van der Waals surface area contributed by atoms with Gasteiger partial charge in [-0.3, -0.25) is 19.3 Å². The van der Waals surface area contributed by atoms with Crippen LogP contribution in [-0.2, 0) is 24.5 Å². The van der Waals surface area contributed by atoms with Crippen molar-refractivity contribution in [3.63, 3.8) is 0 Å². The molecule has 6 nitrogen and oxygen atoms in total. The number of amides is 3. The molecular formula is C25H28N2O4. The third kappa shape index (κ3) is 4.00. The third-order valence-corrected chi connectivity index (χ3v) is 6.60. The van der Waals surface area contributed by atoms with Crippen LogP contribution < -0.4 is 0 Å². The summed E-state index contributed by atoms with van der Waals surface area (Å²) in [6.07, 6.45) is 1.81. The minimum absolute atomic E-state index is 0.0109. The molecule has 0 radical (unpaired) electrons. The van der Waals surface area contributed by atoms with Crippen LogP contribution in [0.25, 0.3) is 11.1 Å². The maximum absolute atomic E-state index is 13.2. The van der Waals surface area contributed by atoms with Crippen LogP contribution in [0.1, 0.15) is 31.2 Å². The van der Waals surface area contributed by atoms with Crippen molar-refractivity contribution in [3.8, 4) is 11.1 Å². The number of hydrogen-bond acceptors (Lipinski definition) is 4. The maximum Gasteiger partial charge on any atom is 0.240 e. The normalized spacial score (nSPS) is 24.0. The van der Waals surface area contributed by atoms with Gasteiger partial charge in [0.15, 0.2) is 0 Å². The van der Waals surface area contributed by atoms with E-state index in [2.05, 4.69) is 0 Å². The summed E-state index contributed by atoms with van der Waals surface area (Å²) in [5, 5.41) is 0. The molecule has 162 valence electrons. The van der Waals surface area contributed by atoms with Crippen molar-refractivity contribution >= 4 is 17.7 Å². The number of nitrogens with zero attached hydrogens (tertiary/aromatic N) is 2. The lowest BCUT2D eigenvalue weighted by Gasteiger charge is -2.35. The van der Waals surface area contributed by atoms with Crippen LogP contribution in [0.2, 0.25) is 0 Å². The van der Waals surface area contributed by atoms with E-state index in [1.165, 1.54) is 7.05 Å². The number of likely N-dealkylation sites (tertiary alicyclic amines) is 2. The van der Waals surface area contributed by atoms with Gasteiger partial charge in [0.05, 0.1) is 11.5 Å². The Labute approximate surface area is 182 Å². The summed E-state index contributed by atoms with van der Waals surface area (Å²) in [5.74, 6) is -0.665. The van der Waals surface area contributed by atoms with Gasteiger partial charge >= 0.3 is 0 Å². The molecular weight excluding hydrogens is 392 g/mol. The first-order chi connectivity index (χ1) is 14.9. The van der Waals surface area contributed by atoms with E-state index < -0.39 is 5.41 Å². The summed E-state index contributed by atoms with van der Waals surface area (Å²) in [4.78, 5) is 41.9. The molecule has 0 N–H and O–H groups in total. The number of imide groups is 1. The highest BCUT2D eigenvalue weighted by Crippen LogP contribution is 2.40. The van der Waals surface area contributed by atoms with Gasteiger partial charge in [0, 0.05) is 40.1 Å². The van der Waals surface area contributed by atoms with E-state index in [0.29, 0.717) is 18.7 Å². The van der Waals surface area contributed by atoms with Crippen LogP contribution in [0.4, 0.5) is 0 Å². The summed E-state index contributed by atoms with van der Waals surface area (Å²) in [6.45, 7) is 1.18. The van der Waals surface area contributed by atoms with Gasteiger partial charge in [-0.2, -0.15) is 0 Å².